The summed E-state index contributed by atoms with van der Waals surface area (Å²) in [6.45, 7) is 3.42. The van der Waals surface area contributed by atoms with Crippen LogP contribution >= 0.6 is 12.4 Å². The standard InChI is InChI=1S/C15H23N3O4S.ClH/c1-2-7-23(21,22)18-13-5-3-11(4-6-13)15(20)17-9-12-8-16-10-14(12)19;/h3-6,12,14,16,18-19H,2,7-10H2,1H3,(H,17,20);1H. The average molecular weight is 378 g/mol. The number of anilines is 1. The first kappa shape index (κ1) is 20.7. The van der Waals surface area contributed by atoms with Crippen molar-refractivity contribution in [2.24, 2.45) is 5.92 Å². The lowest BCUT2D eigenvalue weighted by atomic mass is 10.1. The van der Waals surface area contributed by atoms with E-state index in [9.17, 15) is 18.3 Å². The van der Waals surface area contributed by atoms with Crippen molar-refractivity contribution in [3.8, 4) is 0 Å². The summed E-state index contributed by atoms with van der Waals surface area (Å²) in [7, 11) is -3.33. The highest BCUT2D eigenvalue weighted by Gasteiger charge is 2.25. The van der Waals surface area contributed by atoms with Crippen molar-refractivity contribution in [3.63, 3.8) is 0 Å². The molecule has 7 nitrogen and oxygen atoms in total. The number of halogens is 1. The van der Waals surface area contributed by atoms with Crippen LogP contribution in [0, 0.1) is 5.92 Å². The fraction of sp³-hybridized carbons (Fsp3) is 0.533. The van der Waals surface area contributed by atoms with Gasteiger partial charge in [-0.2, -0.15) is 0 Å². The van der Waals surface area contributed by atoms with Gasteiger partial charge in [0.25, 0.3) is 5.91 Å². The lowest BCUT2D eigenvalue weighted by molar-refractivity contribution is 0.0927. The third-order valence-corrected chi connectivity index (χ3v) is 5.21. The van der Waals surface area contributed by atoms with Gasteiger partial charge in [0.05, 0.1) is 11.9 Å². The smallest absolute Gasteiger partial charge is 0.251 e. The summed E-state index contributed by atoms with van der Waals surface area (Å²) < 4.78 is 25.8. The fourth-order valence-electron chi connectivity index (χ4n) is 2.44. The van der Waals surface area contributed by atoms with Gasteiger partial charge in [0.1, 0.15) is 0 Å². The lowest BCUT2D eigenvalue weighted by Gasteiger charge is -2.14. The van der Waals surface area contributed by atoms with E-state index in [1.54, 1.807) is 31.2 Å². The molecule has 0 aromatic heterocycles. The molecule has 1 heterocycles. The van der Waals surface area contributed by atoms with Gasteiger partial charge in [0.2, 0.25) is 10.0 Å². The van der Waals surface area contributed by atoms with Crippen LogP contribution in [0.25, 0.3) is 0 Å². The quantitative estimate of drug-likeness (QED) is 0.555. The van der Waals surface area contributed by atoms with Crippen molar-refractivity contribution in [3.05, 3.63) is 29.8 Å². The van der Waals surface area contributed by atoms with Gasteiger partial charge in [0, 0.05) is 36.8 Å². The second-order valence-corrected chi connectivity index (χ2v) is 7.54. The molecule has 1 aliphatic rings. The number of β-amino-alcohol motifs (C(OH)–C–C–N with tert-alkyl or cyclic N) is 1. The molecule has 2 rings (SSSR count). The summed E-state index contributed by atoms with van der Waals surface area (Å²) in [5, 5.41) is 15.5. The van der Waals surface area contributed by atoms with E-state index in [-0.39, 0.29) is 30.0 Å². The number of rotatable bonds is 7. The number of hydrogen-bond acceptors (Lipinski definition) is 5. The Morgan fingerprint density at radius 2 is 1.96 bits per heavy atom. The van der Waals surface area contributed by atoms with Gasteiger partial charge in [-0.05, 0) is 30.7 Å². The van der Waals surface area contributed by atoms with Crippen LogP contribution in [0.5, 0.6) is 0 Å². The number of amides is 1. The maximum absolute atomic E-state index is 12.1. The van der Waals surface area contributed by atoms with Gasteiger partial charge in [-0.3, -0.25) is 9.52 Å². The molecule has 0 radical (unpaired) electrons. The average Bonchev–Trinajstić information content (AvgIpc) is 2.90. The van der Waals surface area contributed by atoms with Crippen molar-refractivity contribution in [1.82, 2.24) is 10.6 Å². The zero-order valence-electron chi connectivity index (χ0n) is 13.5. The highest BCUT2D eigenvalue weighted by Crippen LogP contribution is 2.13. The maximum Gasteiger partial charge on any atom is 0.251 e. The van der Waals surface area contributed by atoms with Crippen LogP contribution in [-0.2, 0) is 10.0 Å². The summed E-state index contributed by atoms with van der Waals surface area (Å²) in [5.41, 5.74) is 0.884. The summed E-state index contributed by atoms with van der Waals surface area (Å²) in [4.78, 5) is 12.1. The normalized spacial score (nSPS) is 20.2. The molecule has 1 aromatic rings. The minimum absolute atomic E-state index is 0. The van der Waals surface area contributed by atoms with E-state index in [0.717, 1.165) is 0 Å². The second kappa shape index (κ2) is 9.22. The van der Waals surface area contributed by atoms with Crippen LogP contribution in [0.15, 0.2) is 24.3 Å². The van der Waals surface area contributed by atoms with Crippen LogP contribution in [0.4, 0.5) is 5.69 Å². The van der Waals surface area contributed by atoms with E-state index < -0.39 is 16.1 Å². The monoisotopic (exact) mass is 377 g/mol. The molecule has 1 amide bonds. The van der Waals surface area contributed by atoms with Crippen LogP contribution in [-0.4, -0.2) is 50.9 Å². The third-order valence-electron chi connectivity index (χ3n) is 3.72. The first-order valence-corrected chi connectivity index (χ1v) is 9.34. The Kier molecular flexibility index (Phi) is 7.95. The second-order valence-electron chi connectivity index (χ2n) is 5.69. The molecule has 0 bridgehead atoms. The van der Waals surface area contributed by atoms with Gasteiger partial charge in [0.15, 0.2) is 0 Å². The molecule has 4 N–H and O–H groups in total. The van der Waals surface area contributed by atoms with Gasteiger partial charge in [-0.1, -0.05) is 6.92 Å². The first-order valence-electron chi connectivity index (χ1n) is 7.69. The molecular formula is C15H24ClN3O4S. The van der Waals surface area contributed by atoms with Crippen LogP contribution in [0.1, 0.15) is 23.7 Å². The number of nitrogens with one attached hydrogen (secondary N) is 3. The summed E-state index contributed by atoms with van der Waals surface area (Å²) >= 11 is 0. The molecule has 0 saturated carbocycles. The zero-order chi connectivity index (χ0) is 16.9. The predicted molar refractivity (Wildman–Crippen MR) is 96.1 cm³/mol. The number of aliphatic hydroxyl groups excluding tert-OH is 1. The fourth-order valence-corrected chi connectivity index (χ4v) is 3.58. The zero-order valence-corrected chi connectivity index (χ0v) is 15.1. The molecule has 0 spiro atoms. The van der Waals surface area contributed by atoms with Crippen molar-refractivity contribution in [2.45, 2.75) is 19.4 Å². The topological polar surface area (TPSA) is 108 Å². The van der Waals surface area contributed by atoms with Crippen molar-refractivity contribution < 1.29 is 18.3 Å². The van der Waals surface area contributed by atoms with E-state index in [1.807, 2.05) is 0 Å². The lowest BCUT2D eigenvalue weighted by Crippen LogP contribution is -2.34. The molecule has 1 aromatic carbocycles. The molecule has 0 aliphatic carbocycles. The largest absolute Gasteiger partial charge is 0.391 e. The Morgan fingerprint density at radius 1 is 1.29 bits per heavy atom. The number of benzene rings is 1. The van der Waals surface area contributed by atoms with Crippen molar-refractivity contribution in [1.29, 1.82) is 0 Å². The Balaban J connectivity index is 0.00000288. The van der Waals surface area contributed by atoms with Gasteiger partial charge >= 0.3 is 0 Å². The Morgan fingerprint density at radius 3 is 2.50 bits per heavy atom. The van der Waals surface area contributed by atoms with Gasteiger partial charge < -0.3 is 15.7 Å². The van der Waals surface area contributed by atoms with Crippen molar-refractivity contribution in [2.75, 3.05) is 30.1 Å². The summed E-state index contributed by atoms with van der Waals surface area (Å²) in [6, 6.07) is 6.27. The van der Waals surface area contributed by atoms with E-state index in [0.29, 0.717) is 37.3 Å². The van der Waals surface area contributed by atoms with Crippen LogP contribution in [0.2, 0.25) is 0 Å². The Bertz CT molecular complexity index is 637. The van der Waals surface area contributed by atoms with E-state index in [2.05, 4.69) is 15.4 Å². The molecule has 1 saturated heterocycles. The SMILES string of the molecule is CCCS(=O)(=O)Nc1ccc(C(=O)NCC2CNCC2O)cc1.Cl. The molecule has 1 aliphatic heterocycles. The summed E-state index contributed by atoms with van der Waals surface area (Å²) in [5.74, 6) is -0.168. The van der Waals surface area contributed by atoms with Gasteiger partial charge in [-0.25, -0.2) is 8.42 Å². The minimum Gasteiger partial charge on any atom is -0.391 e. The van der Waals surface area contributed by atoms with E-state index >= 15 is 0 Å². The van der Waals surface area contributed by atoms with Crippen LogP contribution < -0.4 is 15.4 Å². The number of sulfonamides is 1. The maximum atomic E-state index is 12.1. The molecular weight excluding hydrogens is 354 g/mol. The van der Waals surface area contributed by atoms with Gasteiger partial charge in [-0.15, -0.1) is 12.4 Å². The molecule has 136 valence electrons. The Labute approximate surface area is 148 Å². The number of hydrogen-bond donors (Lipinski definition) is 4. The van der Waals surface area contributed by atoms with E-state index in [1.165, 1.54) is 0 Å². The van der Waals surface area contributed by atoms with E-state index in [4.69, 9.17) is 0 Å². The molecule has 24 heavy (non-hydrogen) atoms. The highest BCUT2D eigenvalue weighted by atomic mass is 35.5. The molecule has 9 heteroatoms. The molecule has 2 unspecified atom stereocenters. The number of aliphatic hydroxyl groups is 1. The summed E-state index contributed by atoms with van der Waals surface area (Å²) in [6.07, 6.45) is 0.100. The molecule has 1 fully saturated rings. The number of carbonyl (C=O) groups excluding carboxylic acids is 1. The minimum atomic E-state index is -3.33. The first-order chi connectivity index (χ1) is 10.9. The molecule has 2 atom stereocenters. The Hall–Kier alpha value is -1.35. The number of carbonyl (C=O) groups is 1. The van der Waals surface area contributed by atoms with Crippen molar-refractivity contribution >= 4 is 34.0 Å². The third kappa shape index (κ3) is 5.94. The van der Waals surface area contributed by atoms with Crippen LogP contribution in [0.3, 0.4) is 0 Å². The predicted octanol–water partition coefficient (Wildman–Crippen LogP) is 0.570. The highest BCUT2D eigenvalue weighted by molar-refractivity contribution is 7.92.